The zero-order valence-corrected chi connectivity index (χ0v) is 18.9. The van der Waals surface area contributed by atoms with Crippen molar-refractivity contribution >= 4 is 17.8 Å². The van der Waals surface area contributed by atoms with Gasteiger partial charge in [-0.05, 0) is 43.9 Å². The molecule has 4 heterocycles. The van der Waals surface area contributed by atoms with Crippen LogP contribution in [-0.2, 0) is 30.4 Å². The van der Waals surface area contributed by atoms with Crippen molar-refractivity contribution in [3.05, 3.63) is 45.7 Å². The summed E-state index contributed by atoms with van der Waals surface area (Å²) < 4.78 is 16.2. The Bertz CT molecular complexity index is 1060. The molecule has 9 nitrogen and oxygen atoms in total. The second kappa shape index (κ2) is 8.23. The molecule has 176 valence electrons. The van der Waals surface area contributed by atoms with Crippen LogP contribution in [-0.4, -0.2) is 77.7 Å². The Morgan fingerprint density at radius 2 is 1.76 bits per heavy atom. The number of hydrogen-bond donors (Lipinski definition) is 1. The molecule has 0 aliphatic carbocycles. The van der Waals surface area contributed by atoms with Crippen LogP contribution in [0.15, 0.2) is 23.4 Å². The minimum absolute atomic E-state index is 0.110. The third-order valence-electron chi connectivity index (χ3n) is 7.39. The highest BCUT2D eigenvalue weighted by molar-refractivity contribution is 5.95. The lowest BCUT2D eigenvalue weighted by Gasteiger charge is -2.46. The molecule has 1 unspecified atom stereocenters. The van der Waals surface area contributed by atoms with E-state index in [0.29, 0.717) is 62.5 Å². The molecule has 4 aliphatic heterocycles. The largest absolute Gasteiger partial charge is 0.457 e. The Balaban J connectivity index is 1.24. The van der Waals surface area contributed by atoms with Gasteiger partial charge in [0.1, 0.15) is 18.8 Å². The number of cyclic esters (lactones) is 2. The summed E-state index contributed by atoms with van der Waals surface area (Å²) in [5, 5.41) is 10.9. The van der Waals surface area contributed by atoms with Crippen LogP contribution in [0.5, 0.6) is 0 Å². The number of amides is 1. The van der Waals surface area contributed by atoms with Gasteiger partial charge in [0.05, 0.1) is 29.5 Å². The van der Waals surface area contributed by atoms with Gasteiger partial charge in [0.25, 0.3) is 5.91 Å². The minimum Gasteiger partial charge on any atom is -0.457 e. The average molecular weight is 456 g/mol. The van der Waals surface area contributed by atoms with Gasteiger partial charge in [0, 0.05) is 31.7 Å². The van der Waals surface area contributed by atoms with Gasteiger partial charge in [-0.1, -0.05) is 6.07 Å². The Kier molecular flexibility index (Phi) is 5.50. The molecule has 1 N–H and O–H groups in total. The number of rotatable bonds is 4. The van der Waals surface area contributed by atoms with Crippen LogP contribution in [0.1, 0.15) is 52.9 Å². The first kappa shape index (κ1) is 22.1. The molecule has 1 aromatic carbocycles. The lowest BCUT2D eigenvalue weighted by Crippen LogP contribution is -2.60. The van der Waals surface area contributed by atoms with Gasteiger partial charge < -0.3 is 29.1 Å². The molecular formula is C24H28N2O7. The number of fused-ring (bicyclic) bond motifs is 1. The number of nitrogens with zero attached hydrogens (tertiary/aromatic N) is 2. The number of carbonyl (C=O) groups is 3. The van der Waals surface area contributed by atoms with Gasteiger partial charge in [-0.3, -0.25) is 4.79 Å². The highest BCUT2D eigenvalue weighted by Crippen LogP contribution is 2.35. The number of benzene rings is 1. The fourth-order valence-electron chi connectivity index (χ4n) is 5.27. The van der Waals surface area contributed by atoms with Crippen molar-refractivity contribution in [2.24, 2.45) is 0 Å². The third-order valence-corrected chi connectivity index (χ3v) is 7.39. The summed E-state index contributed by atoms with van der Waals surface area (Å²) in [4.78, 5) is 40.7. The van der Waals surface area contributed by atoms with E-state index in [2.05, 4.69) is 4.90 Å². The van der Waals surface area contributed by atoms with E-state index in [1.54, 1.807) is 24.0 Å². The van der Waals surface area contributed by atoms with Crippen molar-refractivity contribution in [3.8, 4) is 0 Å². The lowest BCUT2D eigenvalue weighted by atomic mass is 9.87. The standard InChI is InChI=1S/C24H28N2O7/c1-14-16(3-4-17-18(14)12-31-22(17)29)20(27)11-25-7-5-24(6-8-25)23(30)26(9-10-33-24)19-13-32-21(28)15(19)2/h3-4,20,27H,5-13H2,1-2H3. The molecule has 2 fully saturated rings. The second-order valence-electron chi connectivity index (χ2n) is 9.15. The molecule has 0 aromatic heterocycles. The summed E-state index contributed by atoms with van der Waals surface area (Å²) >= 11 is 0. The predicted octanol–water partition coefficient (Wildman–Crippen LogP) is 1.22. The number of likely N-dealkylation sites (tertiary alicyclic amines) is 1. The fourth-order valence-corrected chi connectivity index (χ4v) is 5.27. The monoisotopic (exact) mass is 456 g/mol. The first-order chi connectivity index (χ1) is 15.8. The molecule has 9 heteroatoms. The van der Waals surface area contributed by atoms with Gasteiger partial charge in [0.2, 0.25) is 0 Å². The number of esters is 2. The van der Waals surface area contributed by atoms with E-state index in [1.807, 2.05) is 6.92 Å². The summed E-state index contributed by atoms with van der Waals surface area (Å²) in [6.45, 7) is 6.43. The van der Waals surface area contributed by atoms with Crippen molar-refractivity contribution < 1.29 is 33.7 Å². The lowest BCUT2D eigenvalue weighted by molar-refractivity contribution is -0.177. The summed E-state index contributed by atoms with van der Waals surface area (Å²) in [5.74, 6) is -0.804. The van der Waals surface area contributed by atoms with Crippen molar-refractivity contribution in [1.29, 1.82) is 0 Å². The zero-order valence-electron chi connectivity index (χ0n) is 18.9. The summed E-state index contributed by atoms with van der Waals surface area (Å²) in [7, 11) is 0. The maximum Gasteiger partial charge on any atom is 0.338 e. The topological polar surface area (TPSA) is 106 Å². The van der Waals surface area contributed by atoms with Crippen LogP contribution in [0, 0.1) is 6.92 Å². The zero-order chi connectivity index (χ0) is 23.3. The van der Waals surface area contributed by atoms with Gasteiger partial charge in [-0.2, -0.15) is 0 Å². The maximum atomic E-state index is 13.4. The highest BCUT2D eigenvalue weighted by atomic mass is 16.5. The molecule has 1 aromatic rings. The molecule has 0 radical (unpaired) electrons. The Morgan fingerprint density at radius 3 is 2.45 bits per heavy atom. The predicted molar refractivity (Wildman–Crippen MR) is 115 cm³/mol. The van der Waals surface area contributed by atoms with E-state index in [4.69, 9.17) is 14.2 Å². The number of aliphatic hydroxyl groups excluding tert-OH is 1. The second-order valence-corrected chi connectivity index (χ2v) is 9.15. The van der Waals surface area contributed by atoms with Crippen molar-refractivity contribution in [2.45, 2.75) is 45.0 Å². The van der Waals surface area contributed by atoms with Crippen LogP contribution >= 0.6 is 0 Å². The van der Waals surface area contributed by atoms with E-state index in [-0.39, 0.29) is 31.1 Å². The summed E-state index contributed by atoms with van der Waals surface area (Å²) in [5.41, 5.74) is 3.31. The van der Waals surface area contributed by atoms with E-state index in [0.717, 1.165) is 16.7 Å². The maximum absolute atomic E-state index is 13.4. The van der Waals surface area contributed by atoms with Crippen LogP contribution in [0.25, 0.3) is 0 Å². The normalized spacial score (nSPS) is 23.7. The van der Waals surface area contributed by atoms with E-state index >= 15 is 0 Å². The number of morpholine rings is 1. The van der Waals surface area contributed by atoms with E-state index in [9.17, 15) is 19.5 Å². The number of hydrogen-bond acceptors (Lipinski definition) is 8. The van der Waals surface area contributed by atoms with E-state index < -0.39 is 11.7 Å². The number of ether oxygens (including phenoxy) is 3. The van der Waals surface area contributed by atoms with Crippen LogP contribution in [0.2, 0.25) is 0 Å². The van der Waals surface area contributed by atoms with Gasteiger partial charge in [-0.25, -0.2) is 9.59 Å². The molecule has 1 spiro atoms. The number of carbonyl (C=O) groups excluding carboxylic acids is 3. The molecule has 5 rings (SSSR count). The molecule has 0 saturated carbocycles. The molecular weight excluding hydrogens is 428 g/mol. The third kappa shape index (κ3) is 3.64. The highest BCUT2D eigenvalue weighted by Gasteiger charge is 2.49. The minimum atomic E-state index is -0.903. The van der Waals surface area contributed by atoms with Crippen LogP contribution in [0.4, 0.5) is 0 Å². The number of aliphatic hydroxyl groups is 1. The quantitative estimate of drug-likeness (QED) is 0.675. The molecule has 1 amide bonds. The smallest absolute Gasteiger partial charge is 0.338 e. The Labute approximate surface area is 191 Å². The first-order valence-corrected chi connectivity index (χ1v) is 11.3. The first-order valence-electron chi connectivity index (χ1n) is 11.3. The SMILES string of the molecule is CC1=C(N2CCOC3(CCN(CC(O)c4ccc5c(c4C)COC5=O)CC3)C2=O)COC1=O. The summed E-state index contributed by atoms with van der Waals surface area (Å²) in [6, 6.07) is 3.52. The molecule has 1 atom stereocenters. The Hall–Kier alpha value is -2.75. The van der Waals surface area contributed by atoms with Crippen molar-refractivity contribution in [1.82, 2.24) is 9.80 Å². The Morgan fingerprint density at radius 1 is 1.03 bits per heavy atom. The van der Waals surface area contributed by atoms with Gasteiger partial charge >= 0.3 is 11.9 Å². The van der Waals surface area contributed by atoms with Crippen LogP contribution < -0.4 is 0 Å². The van der Waals surface area contributed by atoms with Gasteiger partial charge in [-0.15, -0.1) is 0 Å². The number of piperidine rings is 1. The van der Waals surface area contributed by atoms with Crippen molar-refractivity contribution in [3.63, 3.8) is 0 Å². The van der Waals surface area contributed by atoms with Gasteiger partial charge in [0.15, 0.2) is 0 Å². The molecule has 4 aliphatic rings. The molecule has 2 saturated heterocycles. The summed E-state index contributed by atoms with van der Waals surface area (Å²) in [6.07, 6.45) is 0.317. The molecule has 0 bridgehead atoms. The molecule has 33 heavy (non-hydrogen) atoms. The van der Waals surface area contributed by atoms with Crippen LogP contribution in [0.3, 0.4) is 0 Å². The van der Waals surface area contributed by atoms with E-state index in [1.165, 1.54) is 0 Å². The van der Waals surface area contributed by atoms with Crippen molar-refractivity contribution in [2.75, 3.05) is 39.4 Å². The number of β-amino-alcohol motifs (C(OH)–C–C–N with tert-alkyl or cyclic N) is 1. The fraction of sp³-hybridized carbons (Fsp3) is 0.542. The average Bonchev–Trinajstić information content (AvgIpc) is 3.35.